The van der Waals surface area contributed by atoms with Gasteiger partial charge < -0.3 is 14.4 Å². The number of ether oxygens (including phenoxy) is 2. The maximum absolute atomic E-state index is 13.7. The fourth-order valence-corrected chi connectivity index (χ4v) is 5.23. The predicted molar refractivity (Wildman–Crippen MR) is 138 cm³/mol. The van der Waals surface area contributed by atoms with Gasteiger partial charge in [0, 0.05) is 13.6 Å². The molecule has 186 valence electrons. The number of benzene rings is 3. The van der Waals surface area contributed by atoms with Crippen molar-refractivity contribution in [2.45, 2.75) is 31.7 Å². The summed E-state index contributed by atoms with van der Waals surface area (Å²) in [7, 11) is 0.790. The summed E-state index contributed by atoms with van der Waals surface area (Å²) in [5.74, 6) is 0.824. The third kappa shape index (κ3) is 5.95. The first-order chi connectivity index (χ1) is 16.7. The standard InChI is InChI=1S/C27H32N2O5S/c1-6-22-9-7-8-10-24(22)29(35(31,32)23-14-11-20(2)12-15-23)19-27(30)28(3)18-21-13-16-25(33-4)26(17-21)34-5/h7-17H,6,18-19H2,1-5H3. The van der Waals surface area contributed by atoms with E-state index in [1.165, 1.54) is 9.21 Å². The lowest BCUT2D eigenvalue weighted by Gasteiger charge is -2.28. The maximum atomic E-state index is 13.7. The number of methoxy groups -OCH3 is 2. The van der Waals surface area contributed by atoms with Gasteiger partial charge in [-0.3, -0.25) is 9.10 Å². The van der Waals surface area contributed by atoms with Crippen molar-refractivity contribution in [3.63, 3.8) is 0 Å². The lowest BCUT2D eigenvalue weighted by Crippen LogP contribution is -2.41. The van der Waals surface area contributed by atoms with Crippen molar-refractivity contribution in [1.82, 2.24) is 4.90 Å². The second kappa shape index (κ2) is 11.3. The molecule has 0 aliphatic rings. The van der Waals surface area contributed by atoms with Crippen molar-refractivity contribution in [2.75, 3.05) is 32.1 Å². The van der Waals surface area contributed by atoms with Crippen LogP contribution in [0.4, 0.5) is 5.69 Å². The van der Waals surface area contributed by atoms with Crippen LogP contribution in [0, 0.1) is 6.92 Å². The van der Waals surface area contributed by atoms with Crippen molar-refractivity contribution < 1.29 is 22.7 Å². The van der Waals surface area contributed by atoms with Crippen molar-refractivity contribution in [3.05, 3.63) is 83.4 Å². The summed E-state index contributed by atoms with van der Waals surface area (Å²) in [4.78, 5) is 15.0. The van der Waals surface area contributed by atoms with Gasteiger partial charge in [-0.25, -0.2) is 8.42 Å². The number of hydrogen-bond donors (Lipinski definition) is 0. The Morgan fingerprint density at radius 2 is 1.57 bits per heavy atom. The van der Waals surface area contributed by atoms with Gasteiger partial charge in [-0.05, 0) is 54.8 Å². The zero-order valence-corrected chi connectivity index (χ0v) is 21.6. The van der Waals surface area contributed by atoms with Crippen molar-refractivity contribution >= 4 is 21.6 Å². The van der Waals surface area contributed by atoms with Crippen LogP contribution < -0.4 is 13.8 Å². The van der Waals surface area contributed by atoms with Crippen LogP contribution in [-0.2, 0) is 27.8 Å². The van der Waals surface area contributed by atoms with Crippen LogP contribution in [0.3, 0.4) is 0 Å². The van der Waals surface area contributed by atoms with E-state index < -0.39 is 10.0 Å². The number of carbonyl (C=O) groups excluding carboxylic acids is 1. The Labute approximate surface area is 207 Å². The lowest BCUT2D eigenvalue weighted by molar-refractivity contribution is -0.128. The monoisotopic (exact) mass is 496 g/mol. The molecule has 0 saturated carbocycles. The van der Waals surface area contributed by atoms with E-state index in [0.717, 1.165) is 16.7 Å². The van der Waals surface area contributed by atoms with Gasteiger partial charge >= 0.3 is 0 Å². The Hall–Kier alpha value is -3.52. The molecule has 7 nitrogen and oxygen atoms in total. The minimum atomic E-state index is -3.98. The number of para-hydroxylation sites is 1. The largest absolute Gasteiger partial charge is 0.493 e. The lowest BCUT2D eigenvalue weighted by atomic mass is 10.1. The minimum absolute atomic E-state index is 0.143. The number of carbonyl (C=O) groups is 1. The molecule has 0 atom stereocenters. The average molecular weight is 497 g/mol. The first-order valence-electron chi connectivity index (χ1n) is 11.3. The maximum Gasteiger partial charge on any atom is 0.264 e. The van der Waals surface area contributed by atoms with Gasteiger partial charge in [0.2, 0.25) is 5.91 Å². The van der Waals surface area contributed by atoms with Gasteiger partial charge in [-0.1, -0.05) is 48.9 Å². The highest BCUT2D eigenvalue weighted by atomic mass is 32.2. The third-order valence-electron chi connectivity index (χ3n) is 5.82. The van der Waals surface area contributed by atoms with Gasteiger partial charge in [0.15, 0.2) is 11.5 Å². The predicted octanol–water partition coefficient (Wildman–Crippen LogP) is 4.43. The molecule has 1 amide bonds. The quantitative estimate of drug-likeness (QED) is 0.415. The molecule has 0 spiro atoms. The van der Waals surface area contributed by atoms with Crippen molar-refractivity contribution in [3.8, 4) is 11.5 Å². The number of aryl methyl sites for hydroxylation is 2. The number of anilines is 1. The van der Waals surface area contributed by atoms with Crippen LogP contribution in [0.1, 0.15) is 23.6 Å². The zero-order valence-electron chi connectivity index (χ0n) is 20.8. The molecule has 3 aromatic carbocycles. The summed E-state index contributed by atoms with van der Waals surface area (Å²) >= 11 is 0. The van der Waals surface area contributed by atoms with Crippen molar-refractivity contribution in [1.29, 1.82) is 0 Å². The van der Waals surface area contributed by atoms with Crippen LogP contribution in [0.15, 0.2) is 71.6 Å². The number of nitrogens with zero attached hydrogens (tertiary/aromatic N) is 2. The van der Waals surface area contributed by atoms with E-state index in [4.69, 9.17) is 9.47 Å². The van der Waals surface area contributed by atoms with Crippen LogP contribution in [0.25, 0.3) is 0 Å². The fourth-order valence-electron chi connectivity index (χ4n) is 3.77. The minimum Gasteiger partial charge on any atom is -0.493 e. The molecule has 0 radical (unpaired) electrons. The molecule has 0 aliphatic heterocycles. The third-order valence-corrected chi connectivity index (χ3v) is 7.60. The van der Waals surface area contributed by atoms with Crippen molar-refractivity contribution in [2.24, 2.45) is 0 Å². The Morgan fingerprint density at radius 3 is 2.20 bits per heavy atom. The van der Waals surface area contributed by atoms with E-state index >= 15 is 0 Å². The molecule has 3 rings (SSSR count). The van der Waals surface area contributed by atoms with Crippen LogP contribution in [0.5, 0.6) is 11.5 Å². The molecular weight excluding hydrogens is 464 g/mol. The molecule has 0 N–H and O–H groups in total. The number of likely N-dealkylation sites (N-methyl/N-ethyl adjacent to an activating group) is 1. The molecule has 8 heteroatoms. The van der Waals surface area contributed by atoms with E-state index in [0.29, 0.717) is 23.6 Å². The number of rotatable bonds is 10. The summed E-state index contributed by atoms with van der Waals surface area (Å²) in [6, 6.07) is 19.3. The Morgan fingerprint density at radius 1 is 0.914 bits per heavy atom. The second-order valence-electron chi connectivity index (χ2n) is 8.25. The number of sulfonamides is 1. The normalized spacial score (nSPS) is 11.1. The first kappa shape index (κ1) is 26.1. The molecular formula is C27H32N2O5S. The zero-order chi connectivity index (χ0) is 25.6. The van der Waals surface area contributed by atoms with Gasteiger partial charge in [0.05, 0.1) is 24.8 Å². The van der Waals surface area contributed by atoms with Crippen LogP contribution in [0.2, 0.25) is 0 Å². The van der Waals surface area contributed by atoms with Crippen LogP contribution >= 0.6 is 0 Å². The molecule has 35 heavy (non-hydrogen) atoms. The SMILES string of the molecule is CCc1ccccc1N(CC(=O)N(C)Cc1ccc(OC)c(OC)c1)S(=O)(=O)c1ccc(C)cc1. The van der Waals surface area contributed by atoms with E-state index in [9.17, 15) is 13.2 Å². The highest BCUT2D eigenvalue weighted by Gasteiger charge is 2.29. The van der Waals surface area contributed by atoms with Crippen LogP contribution in [-0.4, -0.2) is 47.0 Å². The van der Waals surface area contributed by atoms with Gasteiger partial charge in [0.1, 0.15) is 6.54 Å². The Kier molecular flexibility index (Phi) is 8.40. The highest BCUT2D eigenvalue weighted by molar-refractivity contribution is 7.92. The van der Waals surface area contributed by atoms with E-state index in [-0.39, 0.29) is 23.9 Å². The highest BCUT2D eigenvalue weighted by Crippen LogP contribution is 2.29. The molecule has 0 fully saturated rings. The average Bonchev–Trinajstić information content (AvgIpc) is 2.87. The van der Waals surface area contributed by atoms with Gasteiger partial charge in [-0.15, -0.1) is 0 Å². The summed E-state index contributed by atoms with van der Waals surface area (Å²) < 4.78 is 39.3. The van der Waals surface area contributed by atoms with E-state index in [1.54, 1.807) is 69.8 Å². The Balaban J connectivity index is 1.92. The van der Waals surface area contributed by atoms with E-state index in [1.807, 2.05) is 32.0 Å². The smallest absolute Gasteiger partial charge is 0.264 e. The van der Waals surface area contributed by atoms with E-state index in [2.05, 4.69) is 0 Å². The topological polar surface area (TPSA) is 76.2 Å². The van der Waals surface area contributed by atoms with Gasteiger partial charge in [-0.2, -0.15) is 0 Å². The fraction of sp³-hybridized carbons (Fsp3) is 0.296. The first-order valence-corrected chi connectivity index (χ1v) is 12.8. The Bertz CT molecular complexity index is 1270. The molecule has 0 saturated heterocycles. The number of amides is 1. The molecule has 0 bridgehead atoms. The second-order valence-corrected chi connectivity index (χ2v) is 10.1. The molecule has 0 heterocycles. The summed E-state index contributed by atoms with van der Waals surface area (Å²) in [6.45, 7) is 3.82. The molecule has 0 unspecified atom stereocenters. The molecule has 0 aliphatic carbocycles. The number of hydrogen-bond acceptors (Lipinski definition) is 5. The summed E-state index contributed by atoms with van der Waals surface area (Å²) in [5, 5.41) is 0. The summed E-state index contributed by atoms with van der Waals surface area (Å²) in [6.07, 6.45) is 0.631. The summed E-state index contributed by atoms with van der Waals surface area (Å²) in [5.41, 5.74) is 3.14. The van der Waals surface area contributed by atoms with Gasteiger partial charge in [0.25, 0.3) is 10.0 Å². The molecule has 3 aromatic rings. The molecule has 0 aromatic heterocycles.